The van der Waals surface area contributed by atoms with E-state index in [0.717, 1.165) is 10.1 Å². The summed E-state index contributed by atoms with van der Waals surface area (Å²) in [7, 11) is 0. The zero-order valence-corrected chi connectivity index (χ0v) is 12.6. The van der Waals surface area contributed by atoms with Gasteiger partial charge in [-0.15, -0.1) is 0 Å². The van der Waals surface area contributed by atoms with Gasteiger partial charge in [-0.3, -0.25) is 0 Å². The number of unbranched alkanes of at least 4 members (excludes halogenated alkanes) is 2. The highest BCUT2D eigenvalue weighted by atomic mass is 32.2. The summed E-state index contributed by atoms with van der Waals surface area (Å²) in [6.07, 6.45) is 7.96. The van der Waals surface area contributed by atoms with Crippen LogP contribution in [0.1, 0.15) is 58.8 Å². The van der Waals surface area contributed by atoms with E-state index in [1.54, 1.807) is 11.8 Å². The Morgan fingerprint density at radius 2 is 1.88 bits per heavy atom. The van der Waals surface area contributed by atoms with E-state index in [9.17, 15) is 0 Å². The lowest BCUT2D eigenvalue weighted by Crippen LogP contribution is -2.32. The third-order valence-corrected chi connectivity index (χ3v) is 3.84. The maximum absolute atomic E-state index is 8.47. The number of thiocarbonyl (C=S) groups is 1. The highest BCUT2D eigenvalue weighted by Gasteiger charge is 2.09. The summed E-state index contributed by atoms with van der Waals surface area (Å²) >= 11 is 6.88. The fourth-order valence-corrected chi connectivity index (χ4v) is 2.63. The Hall–Kier alpha value is -0.270. The SMILES string of the molecule is CCCCC(CCCC)NC(=S)SCCC#N. The Morgan fingerprint density at radius 1 is 1.29 bits per heavy atom. The maximum Gasteiger partial charge on any atom is 0.134 e. The fraction of sp³-hybridized carbons (Fsp3) is 0.846. The van der Waals surface area contributed by atoms with Gasteiger partial charge >= 0.3 is 0 Å². The van der Waals surface area contributed by atoms with E-state index >= 15 is 0 Å². The molecule has 0 fully saturated rings. The van der Waals surface area contributed by atoms with Crippen molar-refractivity contribution in [3.8, 4) is 6.07 Å². The lowest BCUT2D eigenvalue weighted by atomic mass is 10.0. The van der Waals surface area contributed by atoms with E-state index in [0.29, 0.717) is 12.5 Å². The number of hydrogen-bond acceptors (Lipinski definition) is 3. The molecule has 98 valence electrons. The summed E-state index contributed by atoms with van der Waals surface area (Å²) in [6.45, 7) is 4.44. The first kappa shape index (κ1) is 16.7. The minimum atomic E-state index is 0.525. The van der Waals surface area contributed by atoms with Crippen molar-refractivity contribution in [1.29, 1.82) is 5.26 Å². The van der Waals surface area contributed by atoms with Gasteiger partial charge in [-0.05, 0) is 12.8 Å². The molecular formula is C13H24N2S2. The molecule has 0 amide bonds. The molecule has 4 heteroatoms. The first-order valence-corrected chi connectivity index (χ1v) is 7.94. The normalized spacial score (nSPS) is 10.2. The number of nitrogens with zero attached hydrogens (tertiary/aromatic N) is 1. The van der Waals surface area contributed by atoms with Crippen LogP contribution in [0.2, 0.25) is 0 Å². The number of rotatable bonds is 9. The zero-order chi connectivity index (χ0) is 12.9. The molecule has 0 aliphatic rings. The maximum atomic E-state index is 8.47. The van der Waals surface area contributed by atoms with Crippen LogP contribution in [0.5, 0.6) is 0 Å². The van der Waals surface area contributed by atoms with Gasteiger partial charge in [0, 0.05) is 18.2 Å². The molecule has 17 heavy (non-hydrogen) atoms. The summed E-state index contributed by atoms with van der Waals surface area (Å²) in [6, 6.07) is 2.66. The topological polar surface area (TPSA) is 35.8 Å². The monoisotopic (exact) mass is 272 g/mol. The Balaban J connectivity index is 3.86. The van der Waals surface area contributed by atoms with Gasteiger partial charge in [0.1, 0.15) is 4.32 Å². The Morgan fingerprint density at radius 3 is 2.35 bits per heavy atom. The van der Waals surface area contributed by atoms with Crippen molar-refractivity contribution in [3.05, 3.63) is 0 Å². The van der Waals surface area contributed by atoms with Gasteiger partial charge in [-0.25, -0.2) is 0 Å². The molecule has 0 saturated carbocycles. The molecule has 0 aliphatic carbocycles. The smallest absolute Gasteiger partial charge is 0.134 e. The van der Waals surface area contributed by atoms with Crippen LogP contribution < -0.4 is 5.32 Å². The van der Waals surface area contributed by atoms with Crippen LogP contribution in [-0.2, 0) is 0 Å². The van der Waals surface area contributed by atoms with Crippen molar-refractivity contribution in [2.24, 2.45) is 0 Å². The number of hydrogen-bond donors (Lipinski definition) is 1. The minimum absolute atomic E-state index is 0.525. The average molecular weight is 272 g/mol. The Labute approximate surface area is 116 Å². The number of nitrogens with one attached hydrogen (secondary N) is 1. The third kappa shape index (κ3) is 10.6. The van der Waals surface area contributed by atoms with Crippen LogP contribution in [0.4, 0.5) is 0 Å². The Bertz CT molecular complexity index is 228. The molecule has 0 aromatic carbocycles. The van der Waals surface area contributed by atoms with Crippen molar-refractivity contribution >= 4 is 28.3 Å². The van der Waals surface area contributed by atoms with Crippen LogP contribution >= 0.6 is 24.0 Å². The van der Waals surface area contributed by atoms with Crippen LogP contribution in [0, 0.1) is 11.3 Å². The lowest BCUT2D eigenvalue weighted by Gasteiger charge is -2.19. The van der Waals surface area contributed by atoms with Crippen LogP contribution in [0.15, 0.2) is 0 Å². The predicted octanol–water partition coefficient (Wildman–Crippen LogP) is 4.26. The molecule has 0 aromatic rings. The minimum Gasteiger partial charge on any atom is -0.368 e. The Kier molecular flexibility index (Phi) is 12.0. The molecule has 2 nitrogen and oxygen atoms in total. The molecule has 0 spiro atoms. The molecule has 0 heterocycles. The van der Waals surface area contributed by atoms with E-state index < -0.39 is 0 Å². The van der Waals surface area contributed by atoms with Gasteiger partial charge in [0.15, 0.2) is 0 Å². The molecule has 0 unspecified atom stereocenters. The highest BCUT2D eigenvalue weighted by molar-refractivity contribution is 8.22. The van der Waals surface area contributed by atoms with Crippen LogP contribution in [0.3, 0.4) is 0 Å². The molecular weight excluding hydrogens is 248 g/mol. The first-order chi connectivity index (χ1) is 8.24. The summed E-state index contributed by atoms with van der Waals surface area (Å²) in [5, 5.41) is 11.9. The second kappa shape index (κ2) is 12.2. The highest BCUT2D eigenvalue weighted by Crippen LogP contribution is 2.12. The molecule has 0 bridgehead atoms. The standard InChI is InChI=1S/C13H24N2S2/c1-3-5-8-12(9-6-4-2)15-13(16)17-11-7-10-14/h12H,3-9,11H2,1-2H3,(H,15,16). The second-order valence-electron chi connectivity index (χ2n) is 4.17. The van der Waals surface area contributed by atoms with Gasteiger partial charge in [-0.2, -0.15) is 5.26 Å². The van der Waals surface area contributed by atoms with Gasteiger partial charge < -0.3 is 5.32 Å². The van der Waals surface area contributed by atoms with Crippen molar-refractivity contribution < 1.29 is 0 Å². The average Bonchev–Trinajstić information content (AvgIpc) is 2.33. The molecule has 0 aliphatic heterocycles. The fourth-order valence-electron chi connectivity index (χ4n) is 1.59. The molecule has 1 N–H and O–H groups in total. The lowest BCUT2D eigenvalue weighted by molar-refractivity contribution is 0.486. The number of nitriles is 1. The summed E-state index contributed by atoms with van der Waals surface area (Å²) < 4.78 is 0.859. The molecule has 0 radical (unpaired) electrons. The van der Waals surface area contributed by atoms with Gasteiger partial charge in [0.05, 0.1) is 6.07 Å². The molecule has 0 aromatic heterocycles. The van der Waals surface area contributed by atoms with Gasteiger partial charge in [0.2, 0.25) is 0 Å². The van der Waals surface area contributed by atoms with Crippen LogP contribution in [-0.4, -0.2) is 16.1 Å². The van der Waals surface area contributed by atoms with Gasteiger partial charge in [0.25, 0.3) is 0 Å². The molecule has 0 atom stereocenters. The third-order valence-electron chi connectivity index (χ3n) is 2.58. The van der Waals surface area contributed by atoms with E-state index in [2.05, 4.69) is 25.2 Å². The van der Waals surface area contributed by atoms with Gasteiger partial charge in [-0.1, -0.05) is 63.5 Å². The number of thioether (sulfide) groups is 1. The van der Waals surface area contributed by atoms with Crippen molar-refractivity contribution in [3.63, 3.8) is 0 Å². The summed E-state index contributed by atoms with van der Waals surface area (Å²) in [4.78, 5) is 0. The van der Waals surface area contributed by atoms with E-state index in [4.69, 9.17) is 17.5 Å². The van der Waals surface area contributed by atoms with Crippen molar-refractivity contribution in [2.45, 2.75) is 64.8 Å². The predicted molar refractivity (Wildman–Crippen MR) is 81.3 cm³/mol. The molecule has 0 rings (SSSR count). The molecule has 0 saturated heterocycles. The zero-order valence-electron chi connectivity index (χ0n) is 11.0. The largest absolute Gasteiger partial charge is 0.368 e. The van der Waals surface area contributed by atoms with Crippen molar-refractivity contribution in [2.75, 3.05) is 5.75 Å². The van der Waals surface area contributed by atoms with Crippen molar-refractivity contribution in [1.82, 2.24) is 5.32 Å². The van der Waals surface area contributed by atoms with E-state index in [-0.39, 0.29) is 0 Å². The van der Waals surface area contributed by atoms with Crippen LogP contribution in [0.25, 0.3) is 0 Å². The summed E-state index contributed by atoms with van der Waals surface area (Å²) in [5.74, 6) is 0.802. The summed E-state index contributed by atoms with van der Waals surface area (Å²) in [5.41, 5.74) is 0. The van der Waals surface area contributed by atoms with E-state index in [1.165, 1.54) is 38.5 Å². The second-order valence-corrected chi connectivity index (χ2v) is 5.94. The quantitative estimate of drug-likeness (QED) is 0.502. The first-order valence-electron chi connectivity index (χ1n) is 6.54. The van der Waals surface area contributed by atoms with E-state index in [1.807, 2.05) is 0 Å².